The fourth-order valence-electron chi connectivity index (χ4n) is 1.17. The predicted molar refractivity (Wildman–Crippen MR) is 78.2 cm³/mol. The van der Waals surface area contributed by atoms with Crippen molar-refractivity contribution in [1.29, 1.82) is 0 Å². The maximum absolute atomic E-state index is 10.4. The van der Waals surface area contributed by atoms with Crippen LogP contribution in [0.1, 0.15) is 31.9 Å². The minimum Gasteiger partial charge on any atom is -0.311 e. The van der Waals surface area contributed by atoms with Crippen molar-refractivity contribution in [3.8, 4) is 0 Å². The number of benzene rings is 1. The van der Waals surface area contributed by atoms with Crippen molar-refractivity contribution in [1.82, 2.24) is 0 Å². The Bertz CT molecular complexity index is 339. The lowest BCUT2D eigenvalue weighted by Crippen LogP contribution is -1.81. The normalized spacial score (nSPS) is 9.78. The van der Waals surface area contributed by atoms with Crippen molar-refractivity contribution in [2.24, 2.45) is 0 Å². The Kier molecular flexibility index (Phi) is 10.7. The minimum absolute atomic E-state index is 0.456. The molecule has 0 unspecified atom stereocenters. The molecule has 0 fully saturated rings. The smallest absolute Gasteiger partial charge is 0.311 e. The molecule has 0 N–H and O–H groups in total. The molecule has 0 amide bonds. The van der Waals surface area contributed by atoms with Crippen LogP contribution in [0.2, 0.25) is 0 Å². The Morgan fingerprint density at radius 3 is 1.94 bits per heavy atom. The molecule has 0 bridgehead atoms. The van der Waals surface area contributed by atoms with Gasteiger partial charge in [0, 0.05) is 0 Å². The third-order valence-electron chi connectivity index (χ3n) is 2.15. The Hall–Kier alpha value is -0.890. The lowest BCUT2D eigenvalue weighted by atomic mass is 10.1. The summed E-state index contributed by atoms with van der Waals surface area (Å²) in [6.45, 7) is 10.3. The van der Waals surface area contributed by atoms with Gasteiger partial charge in [0.25, 0.3) is 0 Å². The van der Waals surface area contributed by atoms with Crippen LogP contribution < -0.4 is 0 Å². The topological polar surface area (TPSA) is 35.5 Å². The summed E-state index contributed by atoms with van der Waals surface area (Å²) in [6, 6.07) is 8.45. The molecule has 4 heteroatoms. The van der Waals surface area contributed by atoms with Crippen molar-refractivity contribution in [2.45, 2.75) is 27.2 Å². The van der Waals surface area contributed by atoms with Gasteiger partial charge in [-0.25, -0.2) is 0 Å². The van der Waals surface area contributed by atoms with Gasteiger partial charge in [-0.2, -0.15) is 0 Å². The van der Waals surface area contributed by atoms with Gasteiger partial charge in [0.1, 0.15) is 0 Å². The summed E-state index contributed by atoms with van der Waals surface area (Å²) in [7, 11) is -2.14. The van der Waals surface area contributed by atoms with Crippen molar-refractivity contribution in [3.63, 3.8) is 0 Å². The first-order chi connectivity index (χ1) is 8.67. The summed E-state index contributed by atoms with van der Waals surface area (Å²) in [5.41, 5.74) is 2.57. The first-order valence-electron chi connectivity index (χ1n) is 6.18. The summed E-state index contributed by atoms with van der Waals surface area (Å²) in [5, 5.41) is 0. The van der Waals surface area contributed by atoms with E-state index in [1.165, 1.54) is 11.1 Å². The Balaban J connectivity index is 0.000000331. The number of hydrogen-bond acceptors (Lipinski definition) is 3. The van der Waals surface area contributed by atoms with Gasteiger partial charge in [0.15, 0.2) is 0 Å². The van der Waals surface area contributed by atoms with Crippen LogP contribution in [0.4, 0.5) is 0 Å². The van der Waals surface area contributed by atoms with Gasteiger partial charge in [-0.1, -0.05) is 43.8 Å². The highest BCUT2D eigenvalue weighted by Crippen LogP contribution is 2.21. The van der Waals surface area contributed by atoms with Gasteiger partial charge >= 0.3 is 8.25 Å². The Morgan fingerprint density at radius 1 is 1.11 bits per heavy atom. The van der Waals surface area contributed by atoms with Crippen LogP contribution in [-0.4, -0.2) is 13.2 Å². The molecule has 0 aliphatic rings. The molecular weight excluding hydrogens is 247 g/mol. The van der Waals surface area contributed by atoms with Gasteiger partial charge in [-0.15, -0.1) is 0 Å². The van der Waals surface area contributed by atoms with E-state index < -0.39 is 8.25 Å². The van der Waals surface area contributed by atoms with E-state index in [0.29, 0.717) is 13.2 Å². The Labute approximate surface area is 111 Å². The van der Waals surface area contributed by atoms with Gasteiger partial charge in [0.05, 0.1) is 13.2 Å². The zero-order valence-electron chi connectivity index (χ0n) is 11.4. The highest BCUT2D eigenvalue weighted by Gasteiger charge is 1.91. The van der Waals surface area contributed by atoms with Crippen molar-refractivity contribution >= 4 is 14.3 Å². The molecule has 0 aliphatic heterocycles. The molecule has 1 aromatic rings. The zero-order valence-corrected chi connectivity index (χ0v) is 12.4. The quantitative estimate of drug-likeness (QED) is 0.721. The van der Waals surface area contributed by atoms with Gasteiger partial charge < -0.3 is 9.05 Å². The average molecular weight is 270 g/mol. The summed E-state index contributed by atoms with van der Waals surface area (Å²) in [6.07, 6.45) is 2.97. The van der Waals surface area contributed by atoms with Crippen LogP contribution in [0.3, 0.4) is 0 Å². The highest BCUT2D eigenvalue weighted by molar-refractivity contribution is 7.33. The van der Waals surface area contributed by atoms with E-state index in [-0.39, 0.29) is 0 Å². The van der Waals surface area contributed by atoms with E-state index in [0.717, 1.165) is 6.42 Å². The summed E-state index contributed by atoms with van der Waals surface area (Å²) in [5.74, 6) is 0. The zero-order chi connectivity index (χ0) is 13.8. The van der Waals surface area contributed by atoms with Gasteiger partial charge in [-0.05, 0) is 31.4 Å². The molecule has 0 radical (unpaired) electrons. The molecular formula is C14H23O3P. The van der Waals surface area contributed by atoms with Crippen LogP contribution in [0.5, 0.6) is 0 Å². The Morgan fingerprint density at radius 2 is 1.61 bits per heavy atom. The van der Waals surface area contributed by atoms with Crippen molar-refractivity contribution in [3.05, 3.63) is 42.0 Å². The third kappa shape index (κ3) is 8.24. The summed E-state index contributed by atoms with van der Waals surface area (Å²) in [4.78, 5) is 0. The van der Waals surface area contributed by atoms with E-state index >= 15 is 0 Å². The van der Waals surface area contributed by atoms with Crippen molar-refractivity contribution < 1.29 is 13.6 Å². The SMILES string of the molecule is C=Cc1ccc(CC)cc1.CCO[PH](=O)OCC. The molecule has 0 heterocycles. The summed E-state index contributed by atoms with van der Waals surface area (Å²) >= 11 is 0. The third-order valence-corrected chi connectivity index (χ3v) is 3.20. The fourth-order valence-corrected chi connectivity index (χ4v) is 1.72. The van der Waals surface area contributed by atoms with Crippen LogP contribution in [0, 0.1) is 0 Å². The molecule has 0 saturated carbocycles. The molecule has 0 spiro atoms. The van der Waals surface area contributed by atoms with E-state index in [4.69, 9.17) is 0 Å². The van der Waals surface area contributed by atoms with Crippen LogP contribution >= 0.6 is 8.25 Å². The lowest BCUT2D eigenvalue weighted by Gasteiger charge is -1.97. The molecule has 1 rings (SSSR count). The molecule has 18 heavy (non-hydrogen) atoms. The molecule has 0 saturated heterocycles. The van der Waals surface area contributed by atoms with Crippen LogP contribution in [0.15, 0.2) is 30.8 Å². The van der Waals surface area contributed by atoms with Gasteiger partial charge in [0.2, 0.25) is 0 Å². The summed E-state index contributed by atoms with van der Waals surface area (Å²) < 4.78 is 19.6. The maximum atomic E-state index is 10.4. The molecule has 0 aliphatic carbocycles. The van der Waals surface area contributed by atoms with Crippen LogP contribution in [-0.2, 0) is 20.0 Å². The first kappa shape index (κ1) is 17.1. The number of hydrogen-bond donors (Lipinski definition) is 0. The lowest BCUT2D eigenvalue weighted by molar-refractivity contribution is 0.243. The van der Waals surface area contributed by atoms with Gasteiger partial charge in [-0.3, -0.25) is 4.57 Å². The standard InChI is InChI=1S/C10H12.C4H11O3P/c1-3-9-5-7-10(4-2)8-6-9;1-3-6-8(5)7-4-2/h3,5-8H,1,4H2,2H3;8H,3-4H2,1-2H3. The minimum atomic E-state index is -2.14. The largest absolute Gasteiger partial charge is 0.319 e. The molecule has 0 atom stereocenters. The maximum Gasteiger partial charge on any atom is 0.319 e. The second-order valence-electron chi connectivity index (χ2n) is 3.42. The van der Waals surface area contributed by atoms with E-state index in [1.807, 2.05) is 6.08 Å². The van der Waals surface area contributed by atoms with E-state index in [2.05, 4.69) is 46.8 Å². The number of rotatable bonds is 6. The second-order valence-corrected chi connectivity index (χ2v) is 4.49. The van der Waals surface area contributed by atoms with E-state index in [1.54, 1.807) is 13.8 Å². The molecule has 3 nitrogen and oxygen atoms in total. The number of aryl methyl sites for hydroxylation is 1. The molecule has 1 aromatic carbocycles. The first-order valence-corrected chi connectivity index (χ1v) is 7.41. The second kappa shape index (κ2) is 11.2. The monoisotopic (exact) mass is 270 g/mol. The fraction of sp³-hybridized carbons (Fsp3) is 0.429. The molecule has 0 aromatic heterocycles. The highest BCUT2D eigenvalue weighted by atomic mass is 31.1. The predicted octanol–water partition coefficient (Wildman–Crippen LogP) is 4.34. The van der Waals surface area contributed by atoms with E-state index in [9.17, 15) is 4.57 Å². The van der Waals surface area contributed by atoms with Crippen LogP contribution in [0.25, 0.3) is 6.08 Å². The molecule has 102 valence electrons. The van der Waals surface area contributed by atoms with Crippen molar-refractivity contribution in [2.75, 3.05) is 13.2 Å². The average Bonchev–Trinajstić information content (AvgIpc) is 2.40.